The Balaban J connectivity index is 1.79. The molecule has 0 bridgehead atoms. The van der Waals surface area contributed by atoms with Crippen LogP contribution in [0.2, 0.25) is 10.0 Å². The van der Waals surface area contributed by atoms with Crippen LogP contribution in [-0.2, 0) is 4.43 Å². The highest BCUT2D eigenvalue weighted by molar-refractivity contribution is 14.1. The lowest BCUT2D eigenvalue weighted by molar-refractivity contribution is 0.247. The lowest BCUT2D eigenvalue weighted by atomic mass is 9.62. The molecule has 4 rings (SSSR count). The number of rotatable bonds is 3. The molecular weight excluding hydrogens is 478 g/mol. The molecule has 0 radical (unpaired) electrons. The number of hydrogen-bond donors (Lipinski definition) is 1. The van der Waals surface area contributed by atoms with E-state index in [0.29, 0.717) is 23.7 Å². The molecule has 2 aromatic carbocycles. The van der Waals surface area contributed by atoms with Crippen molar-refractivity contribution in [3.05, 3.63) is 69.2 Å². The Morgan fingerprint density at radius 2 is 1.69 bits per heavy atom. The fraction of sp³-hybridized carbons (Fsp3) is 0.381. The number of hydrogen-bond acceptors (Lipinski definition) is 2. The van der Waals surface area contributed by atoms with E-state index in [4.69, 9.17) is 28.9 Å². The molecule has 0 saturated heterocycles. The van der Waals surface area contributed by atoms with Crippen molar-refractivity contribution in [2.75, 3.05) is 6.54 Å². The summed E-state index contributed by atoms with van der Waals surface area (Å²) in [6, 6.07) is 14.7. The SMILES string of the molecule is NC1=NC[C@H]2[C@@H](c3ccc(Cl)cc3)[C@H](c3ccc(Cl)cc3CI)CC[C@@H]12. The van der Waals surface area contributed by atoms with Crippen LogP contribution in [0.3, 0.4) is 0 Å². The van der Waals surface area contributed by atoms with Gasteiger partial charge in [-0.2, -0.15) is 0 Å². The van der Waals surface area contributed by atoms with Gasteiger partial charge in [0.25, 0.3) is 0 Å². The maximum absolute atomic E-state index is 6.26. The minimum Gasteiger partial charge on any atom is -0.387 e. The third kappa shape index (κ3) is 3.38. The molecule has 1 aliphatic heterocycles. The molecule has 1 aliphatic carbocycles. The predicted molar refractivity (Wildman–Crippen MR) is 119 cm³/mol. The molecule has 136 valence electrons. The van der Waals surface area contributed by atoms with Crippen LogP contribution in [-0.4, -0.2) is 12.4 Å². The molecule has 2 aliphatic rings. The summed E-state index contributed by atoms with van der Waals surface area (Å²) < 4.78 is 0.963. The zero-order valence-electron chi connectivity index (χ0n) is 14.3. The summed E-state index contributed by atoms with van der Waals surface area (Å²) in [5.74, 6) is 2.58. The van der Waals surface area contributed by atoms with Gasteiger partial charge < -0.3 is 5.73 Å². The largest absolute Gasteiger partial charge is 0.387 e. The Bertz CT molecular complexity index is 834. The van der Waals surface area contributed by atoms with E-state index in [1.165, 1.54) is 16.7 Å². The molecule has 4 atom stereocenters. The molecule has 0 aromatic heterocycles. The van der Waals surface area contributed by atoms with Gasteiger partial charge in [0.05, 0.1) is 5.84 Å². The minimum atomic E-state index is 0.402. The van der Waals surface area contributed by atoms with Gasteiger partial charge in [-0.25, -0.2) is 0 Å². The fourth-order valence-corrected chi connectivity index (χ4v) is 5.78. The Labute approximate surface area is 178 Å². The molecule has 26 heavy (non-hydrogen) atoms. The highest BCUT2D eigenvalue weighted by Crippen LogP contribution is 2.52. The molecule has 1 saturated carbocycles. The van der Waals surface area contributed by atoms with Gasteiger partial charge in [0.15, 0.2) is 0 Å². The predicted octanol–water partition coefficient (Wildman–Crippen LogP) is 6.19. The molecule has 0 spiro atoms. The summed E-state index contributed by atoms with van der Waals surface area (Å²) in [5, 5.41) is 1.59. The van der Waals surface area contributed by atoms with E-state index in [1.54, 1.807) is 0 Å². The molecule has 0 unspecified atom stereocenters. The van der Waals surface area contributed by atoms with Crippen LogP contribution in [0.15, 0.2) is 47.5 Å². The smallest absolute Gasteiger partial charge is 0.0972 e. The van der Waals surface area contributed by atoms with Gasteiger partial charge in [-0.15, -0.1) is 0 Å². The van der Waals surface area contributed by atoms with Gasteiger partial charge in [0.2, 0.25) is 0 Å². The number of alkyl halides is 1. The second-order valence-electron chi connectivity index (χ2n) is 7.27. The lowest BCUT2D eigenvalue weighted by Crippen LogP contribution is -2.36. The molecule has 1 fully saturated rings. The van der Waals surface area contributed by atoms with Crippen LogP contribution >= 0.6 is 45.8 Å². The van der Waals surface area contributed by atoms with Crippen LogP contribution in [0.25, 0.3) is 0 Å². The van der Waals surface area contributed by atoms with Crippen molar-refractivity contribution in [3.63, 3.8) is 0 Å². The van der Waals surface area contributed by atoms with Gasteiger partial charge in [0, 0.05) is 26.9 Å². The van der Waals surface area contributed by atoms with E-state index >= 15 is 0 Å². The van der Waals surface area contributed by atoms with Crippen LogP contribution < -0.4 is 5.73 Å². The quantitative estimate of drug-likeness (QED) is 0.397. The standard InChI is InChI=1S/C21H21Cl2IN2/c22-14-3-1-12(2-4-14)20-17(7-8-18-19(20)11-26-21(18)25)16-6-5-15(23)9-13(16)10-24/h1-6,9,17-20H,7-8,10-11H2,(H2,25,26)/t17-,18+,19+,20-/m0/s1. The Kier molecular flexibility index (Phi) is 5.49. The van der Waals surface area contributed by atoms with Gasteiger partial charge >= 0.3 is 0 Å². The average molecular weight is 499 g/mol. The zero-order chi connectivity index (χ0) is 18.3. The number of halogens is 3. The fourth-order valence-electron chi connectivity index (χ4n) is 4.80. The first-order valence-corrected chi connectivity index (χ1v) is 11.3. The Hall–Kier alpha value is -0.780. The van der Waals surface area contributed by atoms with E-state index < -0.39 is 0 Å². The first kappa shape index (κ1) is 18.6. The molecular formula is C21H21Cl2IN2. The third-order valence-corrected chi connectivity index (χ3v) is 7.28. The molecule has 1 heterocycles. The number of benzene rings is 2. The number of nitrogens with zero attached hydrogens (tertiary/aromatic N) is 1. The van der Waals surface area contributed by atoms with Crippen molar-refractivity contribution in [2.45, 2.75) is 29.1 Å². The third-order valence-electron chi connectivity index (χ3n) is 5.97. The monoisotopic (exact) mass is 498 g/mol. The molecule has 5 heteroatoms. The van der Waals surface area contributed by atoms with E-state index in [-0.39, 0.29) is 0 Å². The van der Waals surface area contributed by atoms with E-state index in [1.807, 2.05) is 18.2 Å². The van der Waals surface area contributed by atoms with Gasteiger partial charge in [-0.1, -0.05) is 64.0 Å². The summed E-state index contributed by atoms with van der Waals surface area (Å²) in [6.07, 6.45) is 2.23. The average Bonchev–Trinajstić information content (AvgIpc) is 3.03. The topological polar surface area (TPSA) is 38.4 Å². The molecule has 2 N–H and O–H groups in total. The Morgan fingerprint density at radius 1 is 1.00 bits per heavy atom. The number of amidine groups is 1. The van der Waals surface area contributed by atoms with Crippen molar-refractivity contribution >= 4 is 51.6 Å². The maximum Gasteiger partial charge on any atom is 0.0972 e. The zero-order valence-corrected chi connectivity index (χ0v) is 18.0. The minimum absolute atomic E-state index is 0.402. The van der Waals surface area contributed by atoms with Crippen molar-refractivity contribution in [2.24, 2.45) is 22.6 Å². The summed E-state index contributed by atoms with van der Waals surface area (Å²) in [4.78, 5) is 4.60. The summed E-state index contributed by atoms with van der Waals surface area (Å²) in [5.41, 5.74) is 10.3. The van der Waals surface area contributed by atoms with Gasteiger partial charge in [-0.05, 0) is 71.6 Å². The van der Waals surface area contributed by atoms with E-state index in [9.17, 15) is 0 Å². The Morgan fingerprint density at radius 3 is 2.42 bits per heavy atom. The summed E-state index contributed by atoms with van der Waals surface area (Å²) >= 11 is 14.8. The van der Waals surface area contributed by atoms with Crippen LogP contribution in [0.4, 0.5) is 0 Å². The van der Waals surface area contributed by atoms with Gasteiger partial charge in [-0.3, -0.25) is 4.99 Å². The van der Waals surface area contributed by atoms with Crippen molar-refractivity contribution in [1.29, 1.82) is 0 Å². The molecule has 2 nitrogen and oxygen atoms in total. The van der Waals surface area contributed by atoms with Crippen LogP contribution in [0.5, 0.6) is 0 Å². The van der Waals surface area contributed by atoms with Crippen LogP contribution in [0, 0.1) is 11.8 Å². The molecule has 0 amide bonds. The first-order valence-electron chi connectivity index (χ1n) is 8.98. The summed E-state index contributed by atoms with van der Waals surface area (Å²) in [6.45, 7) is 0.827. The normalized spacial score (nSPS) is 27.9. The highest BCUT2D eigenvalue weighted by atomic mass is 127. The van der Waals surface area contributed by atoms with Gasteiger partial charge in [0.1, 0.15) is 0 Å². The van der Waals surface area contributed by atoms with E-state index in [0.717, 1.165) is 39.7 Å². The molecule has 2 aromatic rings. The van der Waals surface area contributed by atoms with Crippen molar-refractivity contribution in [1.82, 2.24) is 0 Å². The van der Waals surface area contributed by atoms with Crippen molar-refractivity contribution < 1.29 is 0 Å². The summed E-state index contributed by atoms with van der Waals surface area (Å²) in [7, 11) is 0. The number of fused-ring (bicyclic) bond motifs is 1. The second-order valence-corrected chi connectivity index (χ2v) is 8.91. The number of nitrogens with two attached hydrogens (primary N) is 1. The second kappa shape index (κ2) is 7.69. The van der Waals surface area contributed by atoms with Crippen LogP contribution in [0.1, 0.15) is 41.4 Å². The maximum atomic E-state index is 6.26. The first-order chi connectivity index (χ1) is 12.6. The van der Waals surface area contributed by atoms with Crippen molar-refractivity contribution in [3.8, 4) is 0 Å². The lowest BCUT2D eigenvalue weighted by Gasteiger charge is -2.41. The highest BCUT2D eigenvalue weighted by Gasteiger charge is 2.44. The number of aliphatic imine (C=N–C) groups is 1. The van der Waals surface area contributed by atoms with E-state index in [2.05, 4.69) is 51.8 Å².